The second-order valence-corrected chi connectivity index (χ2v) is 17.8. The molecule has 3 heteroatoms. The van der Waals surface area contributed by atoms with Gasteiger partial charge < -0.3 is 9.32 Å². The van der Waals surface area contributed by atoms with Gasteiger partial charge in [0.25, 0.3) is 0 Å². The van der Waals surface area contributed by atoms with Gasteiger partial charge in [-0.15, -0.1) is 0 Å². The van der Waals surface area contributed by atoms with Crippen molar-refractivity contribution >= 4 is 78.6 Å². The zero-order valence-electron chi connectivity index (χ0n) is 30.2. The molecule has 2 nitrogen and oxygen atoms in total. The zero-order valence-corrected chi connectivity index (χ0v) is 31.2. The first-order valence-corrected chi connectivity index (χ1v) is 20.9. The van der Waals surface area contributed by atoms with E-state index in [0.29, 0.717) is 0 Å². The maximum Gasteiger partial charge on any atom is 0.179 e. The predicted molar refractivity (Wildman–Crippen MR) is 235 cm³/mol. The number of hydrogen-bond acceptors (Lipinski definition) is 2. The van der Waals surface area contributed by atoms with Crippen LogP contribution in [0.1, 0.15) is 0 Å². The molecule has 9 aromatic carbocycles. The number of fused-ring (bicyclic) bond motifs is 4. The standard InChI is InChI=1S/C52H37NOSi/c1-5-19-39(20-6-1)46-32-17-33-47-48-34-18-36-50(52(48)54-51(46)47)53(49-35-15-22-38-21-13-14-31-45(38)49)40-23-16-30-44(37-40)55(41-24-7-2-8-25-41,42-26-9-3-10-27-42)43-28-11-4-12-29-43/h1-37H. The van der Waals surface area contributed by atoms with Crippen LogP contribution in [0.25, 0.3) is 43.8 Å². The third-order valence-corrected chi connectivity index (χ3v) is 15.8. The van der Waals surface area contributed by atoms with E-state index in [4.69, 9.17) is 4.42 Å². The van der Waals surface area contributed by atoms with Gasteiger partial charge in [-0.05, 0) is 56.0 Å². The maximum atomic E-state index is 7.08. The highest BCUT2D eigenvalue weighted by Gasteiger charge is 2.41. The number of rotatable bonds is 8. The molecule has 10 rings (SSSR count). The molecule has 0 radical (unpaired) electrons. The van der Waals surface area contributed by atoms with Crippen LogP contribution in [0.15, 0.2) is 229 Å². The Kier molecular flexibility index (Phi) is 8.20. The summed E-state index contributed by atoms with van der Waals surface area (Å²) in [6.45, 7) is 0. The van der Waals surface area contributed by atoms with Gasteiger partial charge in [-0.25, -0.2) is 0 Å². The third-order valence-electron chi connectivity index (χ3n) is 11.0. The summed E-state index contributed by atoms with van der Waals surface area (Å²) in [5.74, 6) is 0. The van der Waals surface area contributed by atoms with Crippen molar-refractivity contribution in [2.45, 2.75) is 0 Å². The molecule has 0 aliphatic carbocycles. The van der Waals surface area contributed by atoms with Gasteiger partial charge in [0, 0.05) is 27.4 Å². The molecule has 0 aliphatic rings. The van der Waals surface area contributed by atoms with Crippen molar-refractivity contribution in [1.82, 2.24) is 0 Å². The van der Waals surface area contributed by atoms with Crippen LogP contribution in [0.3, 0.4) is 0 Å². The van der Waals surface area contributed by atoms with E-state index in [0.717, 1.165) is 50.1 Å². The molecule has 0 amide bonds. The highest BCUT2D eigenvalue weighted by molar-refractivity contribution is 7.19. The minimum Gasteiger partial charge on any atom is -0.453 e. The second-order valence-electron chi connectivity index (χ2n) is 14.0. The number of nitrogens with zero attached hydrogens (tertiary/aromatic N) is 1. The summed E-state index contributed by atoms with van der Waals surface area (Å²) >= 11 is 0. The molecule has 0 aliphatic heterocycles. The van der Waals surface area contributed by atoms with Gasteiger partial charge in [-0.3, -0.25) is 0 Å². The summed E-state index contributed by atoms with van der Waals surface area (Å²) in [5, 5.41) is 9.89. The third kappa shape index (κ3) is 5.48. The fourth-order valence-corrected chi connectivity index (χ4v) is 13.4. The van der Waals surface area contributed by atoms with Gasteiger partial charge in [-0.1, -0.05) is 200 Å². The van der Waals surface area contributed by atoms with Crippen LogP contribution in [-0.2, 0) is 0 Å². The molecule has 10 aromatic rings. The fourth-order valence-electron chi connectivity index (χ4n) is 8.58. The number of hydrogen-bond donors (Lipinski definition) is 0. The maximum absolute atomic E-state index is 7.08. The van der Waals surface area contributed by atoms with Crippen LogP contribution in [0.2, 0.25) is 0 Å². The Balaban J connectivity index is 1.28. The number of para-hydroxylation sites is 2. The predicted octanol–water partition coefficient (Wildman–Crippen LogP) is 11.3. The summed E-state index contributed by atoms with van der Waals surface area (Å²) in [4.78, 5) is 2.42. The Hall–Kier alpha value is -6.94. The van der Waals surface area contributed by atoms with Crippen molar-refractivity contribution in [3.63, 3.8) is 0 Å². The molecule has 0 saturated carbocycles. The van der Waals surface area contributed by atoms with Gasteiger partial charge in [-0.2, -0.15) is 0 Å². The highest BCUT2D eigenvalue weighted by Crippen LogP contribution is 2.45. The Bertz CT molecular complexity index is 2820. The van der Waals surface area contributed by atoms with Crippen LogP contribution < -0.4 is 25.6 Å². The smallest absolute Gasteiger partial charge is 0.179 e. The van der Waals surface area contributed by atoms with Gasteiger partial charge in [0.1, 0.15) is 5.58 Å². The quantitative estimate of drug-likeness (QED) is 0.115. The van der Waals surface area contributed by atoms with Gasteiger partial charge in [0.05, 0.1) is 11.4 Å². The minimum absolute atomic E-state index is 0.858. The summed E-state index contributed by atoms with van der Waals surface area (Å²) < 4.78 is 7.08. The van der Waals surface area contributed by atoms with Crippen molar-refractivity contribution in [3.8, 4) is 11.1 Å². The van der Waals surface area contributed by atoms with Gasteiger partial charge in [0.2, 0.25) is 0 Å². The second kappa shape index (κ2) is 13.8. The molecule has 0 N–H and O–H groups in total. The topological polar surface area (TPSA) is 16.4 Å². The summed E-state index contributed by atoms with van der Waals surface area (Å²) in [5.41, 5.74) is 7.14. The first-order valence-electron chi connectivity index (χ1n) is 18.9. The molecule has 0 bridgehead atoms. The van der Waals surface area contributed by atoms with Crippen LogP contribution in [0.5, 0.6) is 0 Å². The zero-order chi connectivity index (χ0) is 36.6. The van der Waals surface area contributed by atoms with Crippen LogP contribution in [0, 0.1) is 0 Å². The van der Waals surface area contributed by atoms with E-state index in [1.165, 1.54) is 31.5 Å². The molecular formula is C52H37NOSi. The van der Waals surface area contributed by atoms with Crippen LogP contribution in [-0.4, -0.2) is 8.07 Å². The minimum atomic E-state index is -2.81. The molecule has 0 fully saturated rings. The molecule has 1 heterocycles. The average Bonchev–Trinajstić information content (AvgIpc) is 3.66. The SMILES string of the molecule is c1ccc(-c2cccc3c2oc2c(N(c4cccc([Si](c5ccccc5)(c5ccccc5)c5ccccc5)c4)c4cccc5ccccc45)cccc23)cc1. The Morgan fingerprint density at radius 3 is 1.49 bits per heavy atom. The lowest BCUT2D eigenvalue weighted by molar-refractivity contribution is 0.670. The van der Waals surface area contributed by atoms with E-state index in [9.17, 15) is 0 Å². The number of furan rings is 1. The van der Waals surface area contributed by atoms with Gasteiger partial charge >= 0.3 is 0 Å². The molecule has 0 spiro atoms. The van der Waals surface area contributed by atoms with Gasteiger partial charge in [0.15, 0.2) is 13.7 Å². The average molecular weight is 720 g/mol. The first kappa shape index (κ1) is 32.7. The van der Waals surface area contributed by atoms with Crippen molar-refractivity contribution in [2.24, 2.45) is 0 Å². The summed E-state index contributed by atoms with van der Waals surface area (Å²) in [6.07, 6.45) is 0. The molecule has 0 atom stereocenters. The monoisotopic (exact) mass is 719 g/mol. The van der Waals surface area contributed by atoms with Crippen molar-refractivity contribution in [2.75, 3.05) is 4.90 Å². The van der Waals surface area contributed by atoms with E-state index in [1.54, 1.807) is 0 Å². The molecule has 55 heavy (non-hydrogen) atoms. The Morgan fingerprint density at radius 2 is 0.818 bits per heavy atom. The van der Waals surface area contributed by atoms with Crippen LogP contribution in [0.4, 0.5) is 17.1 Å². The largest absolute Gasteiger partial charge is 0.453 e. The van der Waals surface area contributed by atoms with E-state index in [-0.39, 0.29) is 0 Å². The van der Waals surface area contributed by atoms with Crippen molar-refractivity contribution in [3.05, 3.63) is 224 Å². The Morgan fingerprint density at radius 1 is 0.345 bits per heavy atom. The van der Waals surface area contributed by atoms with E-state index >= 15 is 0 Å². The summed E-state index contributed by atoms with van der Waals surface area (Å²) in [6, 6.07) is 81.5. The van der Waals surface area contributed by atoms with Crippen LogP contribution >= 0.6 is 0 Å². The van der Waals surface area contributed by atoms with Crippen molar-refractivity contribution < 1.29 is 4.42 Å². The fraction of sp³-hybridized carbons (Fsp3) is 0. The number of anilines is 3. The van der Waals surface area contributed by atoms with E-state index < -0.39 is 8.07 Å². The Labute approximate surface area is 322 Å². The molecule has 1 aromatic heterocycles. The molecule has 260 valence electrons. The van der Waals surface area contributed by atoms with E-state index in [2.05, 4.69) is 229 Å². The number of benzene rings is 9. The lowest BCUT2D eigenvalue weighted by Gasteiger charge is -2.35. The first-order chi connectivity index (χ1) is 27.3. The highest BCUT2D eigenvalue weighted by atomic mass is 28.3. The lowest BCUT2D eigenvalue weighted by Crippen LogP contribution is -2.74. The normalized spacial score (nSPS) is 11.6. The lowest BCUT2D eigenvalue weighted by atomic mass is 10.0. The van der Waals surface area contributed by atoms with Crippen molar-refractivity contribution in [1.29, 1.82) is 0 Å². The van der Waals surface area contributed by atoms with E-state index in [1.807, 2.05) is 0 Å². The molecule has 0 unspecified atom stereocenters. The molecule has 0 saturated heterocycles. The summed E-state index contributed by atoms with van der Waals surface area (Å²) in [7, 11) is -2.81. The molecular weight excluding hydrogens is 683 g/mol.